The van der Waals surface area contributed by atoms with E-state index in [-0.39, 0.29) is 15.3 Å². The Morgan fingerprint density at radius 1 is 1.29 bits per heavy atom. The molecule has 0 spiro atoms. The number of alkyl halides is 1. The number of ether oxygens (including phenoxy) is 2. The third-order valence-corrected chi connectivity index (χ3v) is 5.70. The Morgan fingerprint density at radius 2 is 1.97 bits per heavy atom. The Labute approximate surface area is 197 Å². The van der Waals surface area contributed by atoms with E-state index in [2.05, 4.69) is 5.32 Å². The van der Waals surface area contributed by atoms with Crippen molar-refractivity contribution >= 4 is 29.0 Å². The molecule has 0 aliphatic carbocycles. The molecule has 3 rings (SSSR count). The number of aliphatic hydroxyl groups excluding tert-OH is 2. The average Bonchev–Trinajstić information content (AvgIpc) is 3.04. The predicted octanol–water partition coefficient (Wildman–Crippen LogP) is -0.784. The van der Waals surface area contributed by atoms with Gasteiger partial charge < -0.3 is 25.0 Å². The molecule has 2 heterocycles. The lowest BCUT2D eigenvalue weighted by Crippen LogP contribution is -2.48. The highest BCUT2D eigenvalue weighted by atomic mass is 32.1. The summed E-state index contributed by atoms with van der Waals surface area (Å²) < 4.78 is 25.4. The van der Waals surface area contributed by atoms with Gasteiger partial charge >= 0.3 is 17.6 Å². The number of rotatable bonds is 8. The quantitative estimate of drug-likeness (QED) is 0.208. The Hall–Kier alpha value is -3.26. The van der Waals surface area contributed by atoms with E-state index in [0.717, 1.165) is 12.3 Å². The van der Waals surface area contributed by atoms with Crippen molar-refractivity contribution in [3.05, 3.63) is 69.0 Å². The van der Waals surface area contributed by atoms with E-state index >= 15 is 4.39 Å². The normalized spacial score (nSPS) is 24.9. The van der Waals surface area contributed by atoms with Gasteiger partial charge in [-0.15, -0.1) is 0 Å². The Morgan fingerprint density at radius 3 is 2.62 bits per heavy atom. The number of aliphatic hydroxyl groups is 2. The number of carbonyl (C=O) groups excluding carboxylic acids is 2. The fourth-order valence-electron chi connectivity index (χ4n) is 3.26. The van der Waals surface area contributed by atoms with Gasteiger partial charge in [0.15, 0.2) is 11.9 Å². The van der Waals surface area contributed by atoms with Crippen LogP contribution in [0.4, 0.5) is 4.39 Å². The molecular formula is C21H22FN3O8S. The van der Waals surface area contributed by atoms with Crippen molar-refractivity contribution in [1.29, 1.82) is 0 Å². The second-order valence-corrected chi connectivity index (χ2v) is 7.97. The van der Waals surface area contributed by atoms with Crippen LogP contribution in [0.25, 0.3) is 0 Å². The summed E-state index contributed by atoms with van der Waals surface area (Å²) in [6.45, 7) is 0.504. The van der Waals surface area contributed by atoms with E-state index < -0.39 is 60.6 Å². The Bertz CT molecular complexity index is 1190. The fraction of sp³-hybridized carbons (Fsp3) is 0.381. The molecule has 34 heavy (non-hydrogen) atoms. The minimum absolute atomic E-state index is 0.110. The summed E-state index contributed by atoms with van der Waals surface area (Å²) in [4.78, 5) is 49.4. The van der Waals surface area contributed by atoms with Crippen LogP contribution in [0.3, 0.4) is 0 Å². The second-order valence-electron chi connectivity index (χ2n) is 7.53. The number of aromatic nitrogens is 2. The van der Waals surface area contributed by atoms with Gasteiger partial charge in [0.25, 0.3) is 5.56 Å². The van der Waals surface area contributed by atoms with E-state index in [0.29, 0.717) is 5.56 Å². The van der Waals surface area contributed by atoms with Crippen LogP contribution in [0.15, 0.2) is 52.2 Å². The number of thiocarbonyl (C=S) groups is 1. The van der Waals surface area contributed by atoms with Gasteiger partial charge in [0, 0.05) is 17.8 Å². The molecule has 182 valence electrons. The zero-order chi connectivity index (χ0) is 25.0. The number of H-pyrrole nitrogens is 1. The van der Waals surface area contributed by atoms with E-state index in [1.54, 1.807) is 42.2 Å². The third-order valence-electron chi connectivity index (χ3n) is 5.20. The number of Topliss-reactive ketones (excluding diaryl/α,β-unsaturated/α-hetero) is 1. The van der Waals surface area contributed by atoms with Crippen LogP contribution < -0.4 is 16.6 Å². The summed E-state index contributed by atoms with van der Waals surface area (Å²) >= 11 is 5.16. The van der Waals surface area contributed by atoms with Crippen LogP contribution in [0.2, 0.25) is 0 Å². The number of aromatic amines is 1. The first-order valence-electron chi connectivity index (χ1n) is 10.1. The van der Waals surface area contributed by atoms with Gasteiger partial charge in [-0.05, 0) is 6.92 Å². The maximum absolute atomic E-state index is 15.2. The fourth-order valence-corrected chi connectivity index (χ4v) is 3.44. The summed E-state index contributed by atoms with van der Waals surface area (Å²) in [7, 11) is 0. The monoisotopic (exact) mass is 495 g/mol. The van der Waals surface area contributed by atoms with Crippen LogP contribution in [0.1, 0.15) is 17.3 Å². The highest BCUT2D eigenvalue weighted by Crippen LogP contribution is 2.36. The summed E-state index contributed by atoms with van der Waals surface area (Å²) in [5.74, 6) is -5.00. The number of nitrogens with zero attached hydrogens (tertiary/aromatic N) is 1. The average molecular weight is 495 g/mol. The Kier molecular flexibility index (Phi) is 7.71. The molecule has 1 aliphatic rings. The number of halogens is 1. The zero-order valence-corrected chi connectivity index (χ0v) is 18.7. The number of esters is 1. The van der Waals surface area contributed by atoms with Crippen LogP contribution in [-0.2, 0) is 20.2 Å². The molecule has 0 saturated carbocycles. The third kappa shape index (κ3) is 5.28. The van der Waals surface area contributed by atoms with E-state index in [1.807, 2.05) is 0 Å². The maximum atomic E-state index is 15.2. The van der Waals surface area contributed by atoms with Crippen LogP contribution in [-0.4, -0.2) is 68.0 Å². The molecule has 0 amide bonds. The SMILES string of the molecule is CC(C(=O)c1ccccc1)C(=S)NCC(=O)OC[C@H]1O[C@@](F)(n2ccc(=O)[nH]c2=O)[C@H](O)[C@@H]1O. The van der Waals surface area contributed by atoms with Crippen molar-refractivity contribution in [3.63, 3.8) is 0 Å². The molecule has 1 aromatic carbocycles. The second kappa shape index (κ2) is 10.3. The van der Waals surface area contributed by atoms with Crippen molar-refractivity contribution in [2.75, 3.05) is 13.2 Å². The number of hydrogen-bond acceptors (Lipinski definition) is 9. The topological polar surface area (TPSA) is 160 Å². The molecule has 1 aromatic heterocycles. The van der Waals surface area contributed by atoms with Gasteiger partial charge in [-0.3, -0.25) is 19.4 Å². The molecule has 2 aromatic rings. The van der Waals surface area contributed by atoms with Crippen molar-refractivity contribution in [2.45, 2.75) is 31.2 Å². The first-order chi connectivity index (χ1) is 16.0. The van der Waals surface area contributed by atoms with Gasteiger partial charge in [-0.25, -0.2) is 9.36 Å². The minimum Gasteiger partial charge on any atom is -0.461 e. The minimum atomic E-state index is -3.20. The standard InChI is InChI=1S/C21H22FN3O8S/c1-11(16(28)12-5-3-2-4-6-12)19(34)23-9-15(27)32-10-13-17(29)18(30)21(22,33-13)25-8-7-14(26)24-20(25)31/h2-8,11,13,17-18,29-30H,9-10H2,1H3,(H,23,34)(H,24,26,31)/t11?,13-,17-,18-,21+/m1/s1. The summed E-state index contributed by atoms with van der Waals surface area (Å²) in [6, 6.07) is 9.31. The molecule has 1 aliphatic heterocycles. The molecule has 1 saturated heterocycles. The van der Waals surface area contributed by atoms with Crippen molar-refractivity contribution in [2.24, 2.45) is 5.92 Å². The molecule has 1 fully saturated rings. The smallest absolute Gasteiger partial charge is 0.332 e. The van der Waals surface area contributed by atoms with Gasteiger partial charge in [0.2, 0.25) is 0 Å². The molecule has 0 bridgehead atoms. The number of benzene rings is 1. The lowest BCUT2D eigenvalue weighted by Gasteiger charge is -2.24. The molecule has 0 radical (unpaired) electrons. The zero-order valence-electron chi connectivity index (χ0n) is 17.8. The van der Waals surface area contributed by atoms with Crippen molar-refractivity contribution in [3.8, 4) is 0 Å². The highest BCUT2D eigenvalue weighted by molar-refractivity contribution is 7.80. The molecule has 13 heteroatoms. The highest BCUT2D eigenvalue weighted by Gasteiger charge is 2.57. The molecular weight excluding hydrogens is 473 g/mol. The van der Waals surface area contributed by atoms with Crippen LogP contribution in [0.5, 0.6) is 0 Å². The first kappa shape index (κ1) is 25.4. The van der Waals surface area contributed by atoms with E-state index in [4.69, 9.17) is 21.7 Å². The van der Waals surface area contributed by atoms with Gasteiger partial charge in [0.1, 0.15) is 25.4 Å². The number of ketones is 1. The van der Waals surface area contributed by atoms with Gasteiger partial charge in [-0.2, -0.15) is 4.39 Å². The lowest BCUT2D eigenvalue weighted by molar-refractivity contribution is -0.240. The molecule has 5 atom stereocenters. The number of hydrogen-bond donors (Lipinski definition) is 4. The van der Waals surface area contributed by atoms with E-state index in [9.17, 15) is 29.4 Å². The number of nitrogens with one attached hydrogen (secondary N) is 2. The summed E-state index contributed by atoms with van der Waals surface area (Å²) in [5, 5.41) is 22.8. The number of carbonyl (C=O) groups is 2. The van der Waals surface area contributed by atoms with Crippen molar-refractivity contribution < 1.29 is 33.7 Å². The Balaban J connectivity index is 1.53. The first-order valence-corrected chi connectivity index (χ1v) is 10.5. The summed E-state index contributed by atoms with van der Waals surface area (Å²) in [6.07, 6.45) is -4.83. The van der Waals surface area contributed by atoms with Crippen LogP contribution >= 0.6 is 12.2 Å². The maximum Gasteiger partial charge on any atom is 0.332 e. The van der Waals surface area contributed by atoms with Crippen LogP contribution in [0, 0.1) is 5.92 Å². The molecule has 11 nitrogen and oxygen atoms in total. The summed E-state index contributed by atoms with van der Waals surface area (Å²) in [5.41, 5.74) is -1.55. The van der Waals surface area contributed by atoms with Crippen molar-refractivity contribution in [1.82, 2.24) is 14.9 Å². The molecule has 4 N–H and O–H groups in total. The van der Waals surface area contributed by atoms with E-state index in [1.165, 1.54) is 0 Å². The predicted molar refractivity (Wildman–Crippen MR) is 119 cm³/mol. The van der Waals surface area contributed by atoms with Gasteiger partial charge in [0.05, 0.1) is 10.9 Å². The lowest BCUT2D eigenvalue weighted by atomic mass is 9.99. The van der Waals surface area contributed by atoms with Gasteiger partial charge in [-0.1, -0.05) is 42.5 Å². The largest absolute Gasteiger partial charge is 0.461 e. The molecule has 1 unspecified atom stereocenters.